The van der Waals surface area contributed by atoms with Crippen molar-refractivity contribution >= 4 is 27.7 Å². The predicted molar refractivity (Wildman–Crippen MR) is 81.3 cm³/mol. The quantitative estimate of drug-likeness (QED) is 0.900. The second-order valence-electron chi connectivity index (χ2n) is 5.44. The first-order valence-corrected chi connectivity index (χ1v) is 7.56. The Balaban J connectivity index is 2.26. The molecule has 1 heterocycles. The molecule has 1 fully saturated rings. The number of hydrogen-bond acceptors (Lipinski definition) is 2. The summed E-state index contributed by atoms with van der Waals surface area (Å²) in [6, 6.07) is 5.80. The number of halogens is 1. The monoisotopic (exact) mass is 338 g/mol. The first-order valence-electron chi connectivity index (χ1n) is 6.76. The topological polar surface area (TPSA) is 63.4 Å². The van der Waals surface area contributed by atoms with E-state index in [1.165, 1.54) is 0 Å². The van der Waals surface area contributed by atoms with Crippen LogP contribution in [0.1, 0.15) is 35.7 Å². The van der Waals surface area contributed by atoms with Gasteiger partial charge in [0, 0.05) is 22.6 Å². The summed E-state index contributed by atoms with van der Waals surface area (Å²) >= 11 is 3.39. The van der Waals surface area contributed by atoms with Gasteiger partial charge in [-0.1, -0.05) is 22.0 Å². The fraction of sp³-hybridized carbons (Fsp3) is 0.467. The summed E-state index contributed by atoms with van der Waals surface area (Å²) in [5, 5.41) is 0. The number of piperidine rings is 1. The molecule has 0 bridgehead atoms. The fourth-order valence-corrected chi connectivity index (χ4v) is 2.96. The predicted octanol–water partition coefficient (Wildman–Crippen LogP) is 2.48. The van der Waals surface area contributed by atoms with Crippen LogP contribution in [0.25, 0.3) is 0 Å². The standard InChI is InChI=1S/C15H19BrN2O2/c1-9-3-6-12(16)7-13(9)15(20)18-8-11(14(17)19)5-4-10(18)2/h3,6-7,10-11H,4-5,8H2,1-2H3,(H2,17,19). The van der Waals surface area contributed by atoms with Crippen LogP contribution in [0.2, 0.25) is 0 Å². The van der Waals surface area contributed by atoms with Crippen molar-refractivity contribution in [3.8, 4) is 0 Å². The molecule has 2 amide bonds. The molecule has 0 aromatic heterocycles. The average Bonchev–Trinajstić information content (AvgIpc) is 2.41. The Morgan fingerprint density at radius 2 is 2.05 bits per heavy atom. The van der Waals surface area contributed by atoms with E-state index >= 15 is 0 Å². The van der Waals surface area contributed by atoms with Gasteiger partial charge in [-0.25, -0.2) is 0 Å². The van der Waals surface area contributed by atoms with E-state index in [2.05, 4.69) is 15.9 Å². The minimum atomic E-state index is -0.319. The summed E-state index contributed by atoms with van der Waals surface area (Å²) in [6.07, 6.45) is 1.57. The summed E-state index contributed by atoms with van der Waals surface area (Å²) in [5.41, 5.74) is 7.00. The van der Waals surface area contributed by atoms with E-state index in [-0.39, 0.29) is 23.8 Å². The van der Waals surface area contributed by atoms with Crippen molar-refractivity contribution in [1.82, 2.24) is 4.90 Å². The van der Waals surface area contributed by atoms with E-state index < -0.39 is 0 Å². The zero-order valence-corrected chi connectivity index (χ0v) is 13.3. The number of amides is 2. The molecular weight excluding hydrogens is 320 g/mol. The number of primary amides is 1. The molecule has 2 unspecified atom stereocenters. The van der Waals surface area contributed by atoms with Crippen LogP contribution in [0.3, 0.4) is 0 Å². The van der Waals surface area contributed by atoms with E-state index in [4.69, 9.17) is 5.73 Å². The number of benzene rings is 1. The van der Waals surface area contributed by atoms with Gasteiger partial charge < -0.3 is 10.6 Å². The van der Waals surface area contributed by atoms with Gasteiger partial charge in [0.1, 0.15) is 0 Å². The third-order valence-corrected chi connectivity index (χ3v) is 4.47. The highest BCUT2D eigenvalue weighted by Gasteiger charge is 2.32. The Bertz CT molecular complexity index is 545. The number of rotatable bonds is 2. The molecule has 2 atom stereocenters. The van der Waals surface area contributed by atoms with E-state index in [9.17, 15) is 9.59 Å². The van der Waals surface area contributed by atoms with E-state index in [1.807, 2.05) is 32.0 Å². The lowest BCUT2D eigenvalue weighted by atomic mass is 9.92. The van der Waals surface area contributed by atoms with Gasteiger partial charge >= 0.3 is 0 Å². The van der Waals surface area contributed by atoms with Gasteiger partial charge in [0.05, 0.1) is 5.92 Å². The summed E-state index contributed by atoms with van der Waals surface area (Å²) < 4.78 is 0.877. The molecule has 20 heavy (non-hydrogen) atoms. The van der Waals surface area contributed by atoms with Gasteiger partial charge in [0.15, 0.2) is 0 Å². The molecular formula is C15H19BrN2O2. The van der Waals surface area contributed by atoms with Crippen LogP contribution in [0.5, 0.6) is 0 Å². The van der Waals surface area contributed by atoms with Gasteiger partial charge in [-0.2, -0.15) is 0 Å². The summed E-state index contributed by atoms with van der Waals surface area (Å²) in [6.45, 7) is 4.35. The van der Waals surface area contributed by atoms with Crippen molar-refractivity contribution in [3.63, 3.8) is 0 Å². The molecule has 0 aliphatic carbocycles. The zero-order valence-electron chi connectivity index (χ0n) is 11.7. The van der Waals surface area contributed by atoms with E-state index in [0.29, 0.717) is 12.1 Å². The van der Waals surface area contributed by atoms with E-state index in [1.54, 1.807) is 4.90 Å². The lowest BCUT2D eigenvalue weighted by Crippen LogP contribution is -2.48. The summed E-state index contributed by atoms with van der Waals surface area (Å²) in [7, 11) is 0. The number of nitrogens with two attached hydrogens (primary N) is 1. The maximum absolute atomic E-state index is 12.7. The number of carbonyl (C=O) groups is 2. The first-order chi connectivity index (χ1) is 9.40. The molecule has 1 aliphatic rings. The highest BCUT2D eigenvalue weighted by atomic mass is 79.9. The Labute approximate surface area is 127 Å². The molecule has 2 N–H and O–H groups in total. The molecule has 2 rings (SSSR count). The van der Waals surface area contributed by atoms with Crippen LogP contribution in [-0.4, -0.2) is 29.3 Å². The molecule has 108 valence electrons. The van der Waals surface area contributed by atoms with Crippen molar-refractivity contribution in [3.05, 3.63) is 33.8 Å². The van der Waals surface area contributed by atoms with Gasteiger partial charge in [0.25, 0.3) is 5.91 Å². The van der Waals surface area contributed by atoms with Crippen LogP contribution < -0.4 is 5.73 Å². The third-order valence-electron chi connectivity index (χ3n) is 3.98. The largest absolute Gasteiger partial charge is 0.369 e. The Morgan fingerprint density at radius 1 is 1.35 bits per heavy atom. The van der Waals surface area contributed by atoms with Crippen molar-refractivity contribution in [2.75, 3.05) is 6.54 Å². The average molecular weight is 339 g/mol. The second kappa shape index (κ2) is 5.95. The Hall–Kier alpha value is -1.36. The molecule has 1 aromatic rings. The van der Waals surface area contributed by atoms with Crippen molar-refractivity contribution in [2.45, 2.75) is 32.7 Å². The minimum absolute atomic E-state index is 0.0257. The number of hydrogen-bond donors (Lipinski definition) is 1. The van der Waals surface area contributed by atoms with Gasteiger partial charge in [-0.15, -0.1) is 0 Å². The first kappa shape index (κ1) is 15.0. The smallest absolute Gasteiger partial charge is 0.254 e. The maximum Gasteiger partial charge on any atom is 0.254 e. The Morgan fingerprint density at radius 3 is 2.70 bits per heavy atom. The zero-order chi connectivity index (χ0) is 14.9. The van der Waals surface area contributed by atoms with Crippen LogP contribution in [0.4, 0.5) is 0 Å². The van der Waals surface area contributed by atoms with Crippen LogP contribution in [0, 0.1) is 12.8 Å². The molecule has 5 heteroatoms. The number of carbonyl (C=O) groups excluding carboxylic acids is 2. The van der Waals surface area contributed by atoms with Crippen LogP contribution in [-0.2, 0) is 4.79 Å². The van der Waals surface area contributed by atoms with Crippen molar-refractivity contribution < 1.29 is 9.59 Å². The normalized spacial score (nSPS) is 22.6. The highest BCUT2D eigenvalue weighted by Crippen LogP contribution is 2.25. The van der Waals surface area contributed by atoms with Gasteiger partial charge in [0.2, 0.25) is 5.91 Å². The molecule has 1 saturated heterocycles. The molecule has 0 spiro atoms. The fourth-order valence-electron chi connectivity index (χ4n) is 2.60. The summed E-state index contributed by atoms with van der Waals surface area (Å²) in [5.74, 6) is -0.578. The molecule has 0 saturated carbocycles. The van der Waals surface area contributed by atoms with Gasteiger partial charge in [-0.05, 0) is 44.4 Å². The molecule has 1 aliphatic heterocycles. The minimum Gasteiger partial charge on any atom is -0.369 e. The van der Waals surface area contributed by atoms with Crippen molar-refractivity contribution in [2.24, 2.45) is 11.7 Å². The Kier molecular flexibility index (Phi) is 4.48. The third kappa shape index (κ3) is 3.03. The molecule has 0 radical (unpaired) electrons. The highest BCUT2D eigenvalue weighted by molar-refractivity contribution is 9.10. The summed E-state index contributed by atoms with van der Waals surface area (Å²) in [4.78, 5) is 25.8. The van der Waals surface area contributed by atoms with E-state index in [0.717, 1.165) is 22.9 Å². The number of likely N-dealkylation sites (tertiary alicyclic amines) is 1. The maximum atomic E-state index is 12.7. The van der Waals surface area contributed by atoms with Crippen molar-refractivity contribution in [1.29, 1.82) is 0 Å². The number of nitrogens with zero attached hydrogens (tertiary/aromatic N) is 1. The lowest BCUT2D eigenvalue weighted by molar-refractivity contribution is -0.123. The molecule has 1 aromatic carbocycles. The molecule has 4 nitrogen and oxygen atoms in total. The van der Waals surface area contributed by atoms with Crippen LogP contribution >= 0.6 is 15.9 Å². The second-order valence-corrected chi connectivity index (χ2v) is 6.36. The number of aryl methyl sites for hydroxylation is 1. The van der Waals surface area contributed by atoms with Gasteiger partial charge in [-0.3, -0.25) is 9.59 Å². The lowest BCUT2D eigenvalue weighted by Gasteiger charge is -2.37. The van der Waals surface area contributed by atoms with Crippen LogP contribution in [0.15, 0.2) is 22.7 Å². The SMILES string of the molecule is Cc1ccc(Br)cc1C(=O)N1CC(C(N)=O)CCC1C.